The van der Waals surface area contributed by atoms with Crippen molar-refractivity contribution < 1.29 is 9.59 Å². The summed E-state index contributed by atoms with van der Waals surface area (Å²) in [7, 11) is 1.85. The van der Waals surface area contributed by atoms with Gasteiger partial charge in [-0.3, -0.25) is 9.78 Å². The number of amides is 2. The van der Waals surface area contributed by atoms with Crippen molar-refractivity contribution in [2.24, 2.45) is 5.73 Å². The average Bonchev–Trinajstić information content (AvgIpc) is 3.13. The van der Waals surface area contributed by atoms with Gasteiger partial charge in [0.05, 0.1) is 6.20 Å². The molecular weight excluding hydrogens is 434 g/mol. The quantitative estimate of drug-likeness (QED) is 0.638. The first-order valence-corrected chi connectivity index (χ1v) is 10.0. The summed E-state index contributed by atoms with van der Waals surface area (Å²) in [4.78, 5) is 28.1. The van der Waals surface area contributed by atoms with Gasteiger partial charge in [0.1, 0.15) is 0 Å². The normalized spacial score (nSPS) is 13.2. The minimum absolute atomic E-state index is 0.210. The molecule has 29 heavy (non-hydrogen) atoms. The van der Waals surface area contributed by atoms with E-state index in [9.17, 15) is 9.59 Å². The lowest BCUT2D eigenvalue weighted by Gasteiger charge is -2.17. The number of primary amides is 1. The van der Waals surface area contributed by atoms with E-state index in [0.29, 0.717) is 6.42 Å². The molecule has 0 aliphatic carbocycles. The van der Waals surface area contributed by atoms with E-state index in [1.165, 1.54) is 5.56 Å². The number of hydrogen-bond acceptors (Lipinski definition) is 4. The highest BCUT2D eigenvalue weighted by atomic mass is 79.9. The van der Waals surface area contributed by atoms with E-state index in [2.05, 4.69) is 32.1 Å². The number of benzene rings is 1. The topological polar surface area (TPSA) is 94.1 Å². The monoisotopic (exact) mass is 455 g/mol. The van der Waals surface area contributed by atoms with Gasteiger partial charge in [-0.2, -0.15) is 9.78 Å². The van der Waals surface area contributed by atoms with Crippen LogP contribution in [0.5, 0.6) is 0 Å². The number of aryl methyl sites for hydroxylation is 1. The number of aromatic nitrogens is 3. The van der Waals surface area contributed by atoms with Gasteiger partial charge in [-0.15, -0.1) is 0 Å². The molecule has 8 heteroatoms. The summed E-state index contributed by atoms with van der Waals surface area (Å²) in [5, 5.41) is 3.84. The second-order valence-electron chi connectivity index (χ2n) is 6.74. The third-order valence-electron chi connectivity index (χ3n) is 4.64. The predicted octanol–water partition coefficient (Wildman–Crippen LogP) is 3.54. The van der Waals surface area contributed by atoms with Crippen LogP contribution in [0.3, 0.4) is 0 Å². The van der Waals surface area contributed by atoms with Gasteiger partial charge in [-0.05, 0) is 53.8 Å². The maximum Gasteiger partial charge on any atom is 0.339 e. The Balaban J connectivity index is 0.000000166. The molecule has 0 radical (unpaired) electrons. The summed E-state index contributed by atoms with van der Waals surface area (Å²) in [5.74, 6) is 0.210. The minimum Gasteiger partial charge on any atom is -0.350 e. The van der Waals surface area contributed by atoms with Crippen molar-refractivity contribution >= 4 is 33.6 Å². The van der Waals surface area contributed by atoms with E-state index in [1.807, 2.05) is 31.3 Å². The number of nitrogens with two attached hydrogens (primary N) is 1. The van der Waals surface area contributed by atoms with Crippen LogP contribution in [0.25, 0.3) is 0 Å². The molecule has 0 fully saturated rings. The Labute approximate surface area is 177 Å². The largest absolute Gasteiger partial charge is 0.350 e. The van der Waals surface area contributed by atoms with Gasteiger partial charge in [-0.25, -0.2) is 4.79 Å². The van der Waals surface area contributed by atoms with Gasteiger partial charge in [0.2, 0.25) is 5.91 Å². The summed E-state index contributed by atoms with van der Waals surface area (Å²) in [6, 6.07) is 9.40. The molecule has 4 rings (SSSR count). The van der Waals surface area contributed by atoms with Crippen LogP contribution in [0.1, 0.15) is 29.5 Å². The number of hydrogen-bond donors (Lipinski definition) is 1. The second kappa shape index (κ2) is 9.47. The zero-order valence-electron chi connectivity index (χ0n) is 16.1. The van der Waals surface area contributed by atoms with E-state index in [0.717, 1.165) is 45.2 Å². The van der Waals surface area contributed by atoms with Gasteiger partial charge in [0.25, 0.3) is 0 Å². The Kier molecular flexibility index (Phi) is 6.77. The van der Waals surface area contributed by atoms with Crippen molar-refractivity contribution in [2.75, 3.05) is 11.9 Å². The number of anilines is 1. The first kappa shape index (κ1) is 20.7. The van der Waals surface area contributed by atoms with Crippen molar-refractivity contribution in [3.8, 4) is 0 Å². The van der Waals surface area contributed by atoms with Gasteiger partial charge < -0.3 is 10.6 Å². The zero-order valence-corrected chi connectivity index (χ0v) is 17.7. The standard InChI is InChI=1S/C11H12BrNO.C10H10N4O/c1-13-10-7-9(12)6-5-8(10)3-2-4-11(13)14;11-10(15)14-7-9(6-13-14)5-8-1-3-12-4-2-8/h5-7H,2-4H2,1H3;1-4,6-7H,5H2,(H2,11,15). The molecule has 3 aromatic rings. The highest BCUT2D eigenvalue weighted by Crippen LogP contribution is 2.28. The van der Waals surface area contributed by atoms with E-state index < -0.39 is 6.03 Å². The van der Waals surface area contributed by atoms with Crippen LogP contribution in [0.4, 0.5) is 10.5 Å². The lowest BCUT2D eigenvalue weighted by atomic mass is 10.1. The van der Waals surface area contributed by atoms with Crippen LogP contribution in [0, 0.1) is 0 Å². The van der Waals surface area contributed by atoms with Crippen molar-refractivity contribution in [3.05, 3.63) is 76.3 Å². The Morgan fingerprint density at radius 3 is 2.62 bits per heavy atom. The highest BCUT2D eigenvalue weighted by molar-refractivity contribution is 9.10. The number of carbonyl (C=O) groups excluding carboxylic acids is 2. The Hall–Kier alpha value is -3.00. The molecule has 1 aliphatic heterocycles. The van der Waals surface area contributed by atoms with Crippen LogP contribution in [-0.4, -0.2) is 33.8 Å². The molecule has 1 aromatic carbocycles. The Morgan fingerprint density at radius 1 is 1.17 bits per heavy atom. The van der Waals surface area contributed by atoms with E-state index in [4.69, 9.17) is 5.73 Å². The molecule has 0 atom stereocenters. The van der Waals surface area contributed by atoms with Crippen LogP contribution in [0.15, 0.2) is 59.6 Å². The molecule has 0 saturated heterocycles. The number of carbonyl (C=O) groups is 2. The van der Waals surface area contributed by atoms with Crippen molar-refractivity contribution in [1.29, 1.82) is 0 Å². The molecule has 2 aromatic heterocycles. The van der Waals surface area contributed by atoms with Gasteiger partial charge in [0, 0.05) is 48.6 Å². The second-order valence-corrected chi connectivity index (χ2v) is 7.66. The lowest BCUT2D eigenvalue weighted by Crippen LogP contribution is -2.24. The summed E-state index contributed by atoms with van der Waals surface area (Å²) in [6.45, 7) is 0. The summed E-state index contributed by atoms with van der Waals surface area (Å²) in [5.41, 5.74) is 9.44. The van der Waals surface area contributed by atoms with Crippen LogP contribution in [-0.2, 0) is 17.6 Å². The molecule has 2 amide bonds. The smallest absolute Gasteiger partial charge is 0.339 e. The number of pyridine rings is 1. The summed E-state index contributed by atoms with van der Waals surface area (Å²) >= 11 is 3.43. The summed E-state index contributed by atoms with van der Waals surface area (Å²) in [6.07, 6.45) is 10.0. The molecule has 0 spiro atoms. The minimum atomic E-state index is -0.573. The van der Waals surface area contributed by atoms with Gasteiger partial charge >= 0.3 is 6.03 Å². The van der Waals surface area contributed by atoms with E-state index in [1.54, 1.807) is 29.7 Å². The van der Waals surface area contributed by atoms with Crippen LogP contribution < -0.4 is 10.6 Å². The predicted molar refractivity (Wildman–Crippen MR) is 115 cm³/mol. The fourth-order valence-electron chi connectivity index (χ4n) is 3.10. The number of halogens is 1. The van der Waals surface area contributed by atoms with E-state index >= 15 is 0 Å². The van der Waals surface area contributed by atoms with Crippen molar-refractivity contribution in [2.45, 2.75) is 25.7 Å². The highest BCUT2D eigenvalue weighted by Gasteiger charge is 2.18. The first-order chi connectivity index (χ1) is 13.9. The third-order valence-corrected chi connectivity index (χ3v) is 5.13. The number of fused-ring (bicyclic) bond motifs is 1. The third kappa shape index (κ3) is 5.51. The number of nitrogens with zero attached hydrogens (tertiary/aromatic N) is 4. The van der Waals surface area contributed by atoms with Crippen molar-refractivity contribution in [1.82, 2.24) is 14.8 Å². The molecule has 1 aliphatic rings. The molecule has 0 unspecified atom stereocenters. The van der Waals surface area contributed by atoms with Crippen LogP contribution >= 0.6 is 15.9 Å². The maximum atomic E-state index is 11.6. The zero-order chi connectivity index (χ0) is 20.8. The molecule has 0 bridgehead atoms. The lowest BCUT2D eigenvalue weighted by molar-refractivity contribution is -0.118. The number of rotatable bonds is 2. The van der Waals surface area contributed by atoms with Gasteiger partial charge in [-0.1, -0.05) is 22.0 Å². The van der Waals surface area contributed by atoms with E-state index in [-0.39, 0.29) is 5.91 Å². The average molecular weight is 456 g/mol. The molecule has 2 N–H and O–H groups in total. The van der Waals surface area contributed by atoms with Crippen molar-refractivity contribution in [3.63, 3.8) is 0 Å². The summed E-state index contributed by atoms with van der Waals surface area (Å²) < 4.78 is 2.15. The fraction of sp³-hybridized carbons (Fsp3) is 0.238. The van der Waals surface area contributed by atoms with Crippen LogP contribution in [0.2, 0.25) is 0 Å². The maximum absolute atomic E-state index is 11.6. The van der Waals surface area contributed by atoms with Gasteiger partial charge in [0.15, 0.2) is 0 Å². The Morgan fingerprint density at radius 2 is 1.93 bits per heavy atom. The fourth-order valence-corrected chi connectivity index (χ4v) is 3.45. The molecule has 0 saturated carbocycles. The molecule has 7 nitrogen and oxygen atoms in total. The molecule has 150 valence electrons. The molecular formula is C21H22BrN5O2. The SMILES string of the molecule is CN1C(=O)CCCc2ccc(Br)cc21.NC(=O)n1cc(Cc2ccncc2)cn1. The molecule has 3 heterocycles. The first-order valence-electron chi connectivity index (χ1n) is 9.21. The Bertz CT molecular complexity index is 1000.